The van der Waals surface area contributed by atoms with Crippen molar-refractivity contribution in [3.8, 4) is 0 Å². The van der Waals surface area contributed by atoms with Crippen LogP contribution in [0.3, 0.4) is 0 Å². The molecule has 0 heterocycles. The molecule has 110 valence electrons. The van der Waals surface area contributed by atoms with E-state index in [-0.39, 0.29) is 5.41 Å². The summed E-state index contributed by atoms with van der Waals surface area (Å²) in [6.07, 6.45) is 5.63. The van der Waals surface area contributed by atoms with Crippen LogP contribution >= 0.6 is 0 Å². The molecule has 0 aliphatic heterocycles. The van der Waals surface area contributed by atoms with Crippen molar-refractivity contribution < 1.29 is 0 Å². The van der Waals surface area contributed by atoms with E-state index in [0.717, 1.165) is 0 Å². The fraction of sp³-hybridized carbons (Fsp3) is 0.684. The molecule has 0 nitrogen and oxygen atoms in total. The van der Waals surface area contributed by atoms with Crippen molar-refractivity contribution in [1.29, 1.82) is 0 Å². The highest BCUT2D eigenvalue weighted by molar-refractivity contribution is 5.38. The summed E-state index contributed by atoms with van der Waals surface area (Å²) < 4.78 is 0. The first kappa shape index (κ1) is 18.2. The second-order valence-corrected chi connectivity index (χ2v) is 8.04. The second-order valence-electron chi connectivity index (χ2n) is 8.04. The largest absolute Gasteiger partial charge is 0.0958 e. The average molecular weight is 262 g/mol. The molecule has 0 aliphatic carbocycles. The van der Waals surface area contributed by atoms with Gasteiger partial charge in [0.05, 0.1) is 0 Å². The number of hydrogen-bond donors (Lipinski definition) is 0. The fourth-order valence-electron chi connectivity index (χ4n) is 2.42. The lowest BCUT2D eigenvalue weighted by atomic mass is 9.67. The van der Waals surface area contributed by atoms with E-state index in [1.54, 1.807) is 0 Å². The van der Waals surface area contributed by atoms with E-state index in [1.165, 1.54) is 23.1 Å². The summed E-state index contributed by atoms with van der Waals surface area (Å²) in [6.45, 7) is 24.6. The molecule has 0 N–H and O–H groups in total. The maximum atomic E-state index is 4.13. The number of hydrogen-bond acceptors (Lipinski definition) is 0. The minimum Gasteiger partial charge on any atom is -0.0958 e. The third kappa shape index (κ3) is 6.27. The first-order valence-corrected chi connectivity index (χ1v) is 7.39. The van der Waals surface area contributed by atoms with Crippen LogP contribution in [0.25, 0.3) is 0 Å². The molecule has 0 spiro atoms. The molecule has 0 aromatic heterocycles. The molecular formula is C19H34. The lowest BCUT2D eigenvalue weighted by molar-refractivity contribution is 0.198. The quantitative estimate of drug-likeness (QED) is 0.504. The lowest BCUT2D eigenvalue weighted by Crippen LogP contribution is -2.27. The summed E-state index contributed by atoms with van der Waals surface area (Å²) in [6, 6.07) is 0. The van der Waals surface area contributed by atoms with Gasteiger partial charge in [-0.2, -0.15) is 0 Å². The van der Waals surface area contributed by atoms with Gasteiger partial charge in [0, 0.05) is 0 Å². The van der Waals surface area contributed by atoms with Gasteiger partial charge in [0.15, 0.2) is 0 Å². The van der Waals surface area contributed by atoms with E-state index < -0.39 is 0 Å². The highest BCUT2D eigenvalue weighted by atomic mass is 14.4. The first-order valence-electron chi connectivity index (χ1n) is 7.39. The molecule has 1 atom stereocenters. The Labute approximate surface area is 121 Å². The van der Waals surface area contributed by atoms with Crippen molar-refractivity contribution in [2.75, 3.05) is 0 Å². The monoisotopic (exact) mass is 262 g/mol. The van der Waals surface area contributed by atoms with Gasteiger partial charge < -0.3 is 0 Å². The van der Waals surface area contributed by atoms with Gasteiger partial charge in [0.25, 0.3) is 0 Å². The molecule has 0 saturated heterocycles. The van der Waals surface area contributed by atoms with Gasteiger partial charge in [-0.15, -0.1) is 0 Å². The normalized spacial score (nSPS) is 16.5. The van der Waals surface area contributed by atoms with Crippen molar-refractivity contribution in [2.45, 2.75) is 68.7 Å². The van der Waals surface area contributed by atoms with Crippen LogP contribution in [-0.2, 0) is 0 Å². The van der Waals surface area contributed by atoms with Gasteiger partial charge in [0.1, 0.15) is 0 Å². The Morgan fingerprint density at radius 1 is 1.05 bits per heavy atom. The van der Waals surface area contributed by atoms with E-state index in [2.05, 4.69) is 81.0 Å². The number of allylic oxidation sites excluding steroid dienone is 5. The molecular weight excluding hydrogens is 228 g/mol. The maximum absolute atomic E-state index is 4.13. The van der Waals surface area contributed by atoms with E-state index in [0.29, 0.717) is 11.3 Å². The molecule has 19 heavy (non-hydrogen) atoms. The van der Waals surface area contributed by atoms with Gasteiger partial charge in [0.2, 0.25) is 0 Å². The molecule has 1 unspecified atom stereocenters. The van der Waals surface area contributed by atoms with Crippen molar-refractivity contribution >= 4 is 0 Å². The predicted octanol–water partition coefficient (Wildman–Crippen LogP) is 6.55. The summed E-state index contributed by atoms with van der Waals surface area (Å²) >= 11 is 0. The van der Waals surface area contributed by atoms with Gasteiger partial charge in [-0.25, -0.2) is 0 Å². The van der Waals surface area contributed by atoms with Gasteiger partial charge in [-0.05, 0) is 55.1 Å². The zero-order chi connectivity index (χ0) is 15.4. The van der Waals surface area contributed by atoms with Gasteiger partial charge in [-0.1, -0.05) is 65.8 Å². The predicted molar refractivity (Wildman–Crippen MR) is 89.3 cm³/mol. The molecule has 0 aromatic carbocycles. The van der Waals surface area contributed by atoms with Crippen LogP contribution in [0.5, 0.6) is 0 Å². The lowest BCUT2D eigenvalue weighted by Gasteiger charge is -2.37. The topological polar surface area (TPSA) is 0 Å². The Morgan fingerprint density at radius 3 is 1.79 bits per heavy atom. The maximum Gasteiger partial charge on any atom is -0.0106 e. The summed E-state index contributed by atoms with van der Waals surface area (Å²) in [5, 5.41) is 0. The second kappa shape index (κ2) is 6.59. The summed E-state index contributed by atoms with van der Waals surface area (Å²) in [7, 11) is 0. The van der Waals surface area contributed by atoms with Crippen molar-refractivity contribution in [3.05, 3.63) is 35.5 Å². The van der Waals surface area contributed by atoms with Gasteiger partial charge >= 0.3 is 0 Å². The minimum atomic E-state index is 0.263. The molecule has 0 fully saturated rings. The Balaban J connectivity index is 5.80. The van der Waals surface area contributed by atoms with E-state index in [1.807, 2.05) is 0 Å². The molecule has 0 rings (SSSR count). The molecule has 0 aromatic rings. The fourth-order valence-corrected chi connectivity index (χ4v) is 2.42. The zero-order valence-electron chi connectivity index (χ0n) is 14.6. The average Bonchev–Trinajstić information content (AvgIpc) is 2.19. The molecule has 0 saturated carbocycles. The third-order valence-corrected chi connectivity index (χ3v) is 3.66. The van der Waals surface area contributed by atoms with Crippen LogP contribution in [0.4, 0.5) is 0 Å². The number of rotatable bonds is 4. The Kier molecular flexibility index (Phi) is 6.32. The Morgan fingerprint density at radius 2 is 1.53 bits per heavy atom. The summed E-state index contributed by atoms with van der Waals surface area (Å²) in [5.41, 5.74) is 4.58. The summed E-state index contributed by atoms with van der Waals surface area (Å²) in [4.78, 5) is 0. The highest BCUT2D eigenvalue weighted by Crippen LogP contribution is 2.42. The molecule has 0 aliphatic rings. The first-order chi connectivity index (χ1) is 8.40. The van der Waals surface area contributed by atoms with Crippen molar-refractivity contribution in [3.63, 3.8) is 0 Å². The summed E-state index contributed by atoms with van der Waals surface area (Å²) in [5.74, 6) is 0.556. The molecule has 0 heteroatoms. The van der Waals surface area contributed by atoms with E-state index in [4.69, 9.17) is 0 Å². The van der Waals surface area contributed by atoms with Crippen LogP contribution in [-0.4, -0.2) is 0 Å². The van der Waals surface area contributed by atoms with Crippen LogP contribution in [0.15, 0.2) is 35.5 Å². The molecule has 0 bridgehead atoms. The SMILES string of the molecule is C=C(C)C(C)=C(C=CC)C(CC(C)(C)C)C(C)(C)C. The van der Waals surface area contributed by atoms with Crippen LogP contribution < -0.4 is 0 Å². The van der Waals surface area contributed by atoms with Crippen molar-refractivity contribution in [2.24, 2.45) is 16.7 Å². The zero-order valence-corrected chi connectivity index (χ0v) is 14.6. The highest BCUT2D eigenvalue weighted by Gasteiger charge is 2.31. The minimum absolute atomic E-state index is 0.263. The smallest absolute Gasteiger partial charge is 0.0106 e. The van der Waals surface area contributed by atoms with E-state index in [9.17, 15) is 0 Å². The van der Waals surface area contributed by atoms with Crippen LogP contribution in [0, 0.1) is 16.7 Å². The third-order valence-electron chi connectivity index (χ3n) is 3.66. The van der Waals surface area contributed by atoms with Gasteiger partial charge in [-0.3, -0.25) is 0 Å². The van der Waals surface area contributed by atoms with Crippen LogP contribution in [0.2, 0.25) is 0 Å². The Bertz CT molecular complexity index is 364. The molecule has 0 amide bonds. The standard InChI is InChI=1S/C19H34/c1-11-12-16(15(4)14(2)3)17(19(8,9)10)13-18(5,6)7/h11-12,17H,2,13H2,1,3-10H3. The van der Waals surface area contributed by atoms with E-state index >= 15 is 0 Å². The van der Waals surface area contributed by atoms with Crippen LogP contribution in [0.1, 0.15) is 68.7 Å². The Hall–Kier alpha value is -0.780. The molecule has 0 radical (unpaired) electrons. The van der Waals surface area contributed by atoms with Crippen molar-refractivity contribution in [1.82, 2.24) is 0 Å².